The Hall–Kier alpha value is -2.04. The average molecular weight is 357 g/mol. The number of fused-ring (bicyclic) bond motifs is 1. The van der Waals surface area contributed by atoms with Crippen LogP contribution in [0.2, 0.25) is 0 Å². The molecule has 0 saturated heterocycles. The maximum atomic E-state index is 13.0. The monoisotopic (exact) mass is 356 g/mol. The first-order valence-electron chi connectivity index (χ1n) is 7.60. The molecule has 122 valence electrons. The maximum absolute atomic E-state index is 13.0. The molecule has 3 aromatic rings. The molecule has 0 saturated carbocycles. The highest BCUT2D eigenvalue weighted by Gasteiger charge is 2.12. The van der Waals surface area contributed by atoms with Gasteiger partial charge in [0.05, 0.1) is 16.6 Å². The van der Waals surface area contributed by atoms with Gasteiger partial charge >= 0.3 is 0 Å². The first-order chi connectivity index (χ1) is 11.6. The van der Waals surface area contributed by atoms with Gasteiger partial charge in [0.25, 0.3) is 5.56 Å². The van der Waals surface area contributed by atoms with E-state index >= 15 is 0 Å². The second kappa shape index (κ2) is 7.24. The molecule has 0 spiro atoms. The summed E-state index contributed by atoms with van der Waals surface area (Å²) in [5, 5.41) is 2.01. The zero-order chi connectivity index (χ0) is 17.1. The van der Waals surface area contributed by atoms with Crippen LogP contribution in [0.25, 0.3) is 16.6 Å². The topological polar surface area (TPSA) is 34.9 Å². The molecule has 0 N–H and O–H groups in total. The Morgan fingerprint density at radius 1 is 1.25 bits per heavy atom. The molecular weight excluding hydrogens is 340 g/mol. The fraction of sp³-hybridized carbons (Fsp3) is 0.158. The molecule has 0 unspecified atom stereocenters. The zero-order valence-electron chi connectivity index (χ0n) is 13.5. The van der Waals surface area contributed by atoms with Crippen LogP contribution < -0.4 is 5.56 Å². The van der Waals surface area contributed by atoms with E-state index in [2.05, 4.69) is 0 Å². The highest BCUT2D eigenvalue weighted by Crippen LogP contribution is 2.22. The third-order valence-electron chi connectivity index (χ3n) is 3.58. The number of halogens is 1. The van der Waals surface area contributed by atoms with Gasteiger partial charge in [0.2, 0.25) is 0 Å². The van der Waals surface area contributed by atoms with Crippen molar-refractivity contribution in [2.24, 2.45) is 0 Å². The van der Waals surface area contributed by atoms with Crippen molar-refractivity contribution in [2.45, 2.75) is 19.0 Å². The van der Waals surface area contributed by atoms with Crippen molar-refractivity contribution < 1.29 is 0 Å². The van der Waals surface area contributed by atoms with Crippen LogP contribution in [0.3, 0.4) is 0 Å². The third-order valence-corrected chi connectivity index (χ3v) is 4.60. The third kappa shape index (κ3) is 3.55. The van der Waals surface area contributed by atoms with E-state index in [1.54, 1.807) is 4.57 Å². The Bertz CT molecular complexity index is 975. The van der Waals surface area contributed by atoms with Crippen LogP contribution in [-0.4, -0.2) is 15.3 Å². The van der Waals surface area contributed by atoms with Crippen LogP contribution in [0.4, 0.5) is 0 Å². The van der Waals surface area contributed by atoms with Crippen molar-refractivity contribution >= 4 is 34.3 Å². The Morgan fingerprint density at radius 3 is 2.79 bits per heavy atom. The molecule has 0 atom stereocenters. The molecule has 1 heterocycles. The summed E-state index contributed by atoms with van der Waals surface area (Å²) >= 11 is 7.40. The van der Waals surface area contributed by atoms with Crippen LogP contribution in [0, 0.1) is 6.92 Å². The van der Waals surface area contributed by atoms with Crippen LogP contribution in [0.1, 0.15) is 12.5 Å². The molecule has 0 amide bonds. The molecule has 0 bridgehead atoms. The first-order valence-corrected chi connectivity index (χ1v) is 8.96. The van der Waals surface area contributed by atoms with Gasteiger partial charge in [-0.2, -0.15) is 0 Å². The van der Waals surface area contributed by atoms with Crippen LogP contribution in [0.15, 0.2) is 69.6 Å². The van der Waals surface area contributed by atoms with Gasteiger partial charge in [0.1, 0.15) is 0 Å². The van der Waals surface area contributed by atoms with Crippen LogP contribution >= 0.6 is 23.4 Å². The molecule has 3 rings (SSSR count). The number of allylic oxidation sites excluding steroid dienone is 1. The second-order valence-corrected chi connectivity index (χ2v) is 7.08. The van der Waals surface area contributed by atoms with Gasteiger partial charge < -0.3 is 0 Å². The fourth-order valence-corrected chi connectivity index (χ4v) is 3.57. The molecule has 24 heavy (non-hydrogen) atoms. The minimum atomic E-state index is -0.0553. The molecule has 2 aromatic carbocycles. The predicted molar refractivity (Wildman–Crippen MR) is 102 cm³/mol. The van der Waals surface area contributed by atoms with Crippen molar-refractivity contribution in [3.8, 4) is 5.69 Å². The van der Waals surface area contributed by atoms with Gasteiger partial charge in [0, 0.05) is 10.8 Å². The van der Waals surface area contributed by atoms with E-state index in [1.165, 1.54) is 11.8 Å². The summed E-state index contributed by atoms with van der Waals surface area (Å²) in [5.74, 6) is 0.659. The number of hydrogen-bond acceptors (Lipinski definition) is 3. The largest absolute Gasteiger partial charge is 0.268 e. The van der Waals surface area contributed by atoms with E-state index in [1.807, 2.05) is 68.5 Å². The number of aryl methyl sites for hydroxylation is 1. The van der Waals surface area contributed by atoms with E-state index in [-0.39, 0.29) is 5.56 Å². The van der Waals surface area contributed by atoms with Crippen molar-refractivity contribution in [1.82, 2.24) is 9.55 Å². The number of nitrogens with zero attached hydrogens (tertiary/aromatic N) is 2. The SMILES string of the molecule is C/C(Cl)=C/CSc1nc2ccccc2c(=O)n1-c1cccc(C)c1. The molecule has 3 nitrogen and oxygen atoms in total. The number of para-hydroxylation sites is 1. The van der Waals surface area contributed by atoms with Gasteiger partial charge in [-0.1, -0.05) is 53.7 Å². The molecule has 1 aromatic heterocycles. The number of benzene rings is 2. The van der Waals surface area contributed by atoms with Crippen molar-refractivity contribution in [1.29, 1.82) is 0 Å². The van der Waals surface area contributed by atoms with Gasteiger partial charge in [-0.15, -0.1) is 0 Å². The van der Waals surface area contributed by atoms with Crippen molar-refractivity contribution in [3.05, 3.63) is 75.6 Å². The molecular formula is C19H17ClN2OS. The average Bonchev–Trinajstić information content (AvgIpc) is 2.55. The second-order valence-electron chi connectivity index (χ2n) is 5.49. The Labute approximate surface area is 150 Å². The Kier molecular flexibility index (Phi) is 5.07. The summed E-state index contributed by atoms with van der Waals surface area (Å²) in [7, 11) is 0. The molecule has 0 fully saturated rings. The number of rotatable bonds is 4. The predicted octanol–water partition coefficient (Wildman–Crippen LogP) is 4.93. The maximum Gasteiger partial charge on any atom is 0.266 e. The summed E-state index contributed by atoms with van der Waals surface area (Å²) in [6, 6.07) is 15.3. The molecule has 0 radical (unpaired) electrons. The van der Waals surface area contributed by atoms with Crippen molar-refractivity contribution in [3.63, 3.8) is 0 Å². The lowest BCUT2D eigenvalue weighted by Gasteiger charge is -2.13. The summed E-state index contributed by atoms with van der Waals surface area (Å²) < 4.78 is 1.68. The Morgan fingerprint density at radius 2 is 2.04 bits per heavy atom. The summed E-state index contributed by atoms with van der Waals surface area (Å²) in [6.07, 6.45) is 1.91. The number of thioether (sulfide) groups is 1. The van der Waals surface area contributed by atoms with E-state index in [0.29, 0.717) is 21.8 Å². The fourth-order valence-electron chi connectivity index (χ4n) is 2.43. The summed E-state index contributed by atoms with van der Waals surface area (Å²) in [5.41, 5.74) is 2.58. The highest BCUT2D eigenvalue weighted by atomic mass is 35.5. The van der Waals surface area contributed by atoms with E-state index in [0.717, 1.165) is 16.3 Å². The number of hydrogen-bond donors (Lipinski definition) is 0. The highest BCUT2D eigenvalue weighted by molar-refractivity contribution is 7.99. The lowest BCUT2D eigenvalue weighted by atomic mass is 10.2. The summed E-state index contributed by atoms with van der Waals surface area (Å²) in [6.45, 7) is 3.85. The van der Waals surface area contributed by atoms with Crippen molar-refractivity contribution in [2.75, 3.05) is 5.75 Å². The lowest BCUT2D eigenvalue weighted by Crippen LogP contribution is -2.21. The summed E-state index contributed by atoms with van der Waals surface area (Å²) in [4.78, 5) is 17.7. The quantitative estimate of drug-likeness (QED) is 0.491. The van der Waals surface area contributed by atoms with E-state index in [4.69, 9.17) is 16.6 Å². The first kappa shape index (κ1) is 16.8. The van der Waals surface area contributed by atoms with E-state index < -0.39 is 0 Å². The van der Waals surface area contributed by atoms with Gasteiger partial charge in [-0.3, -0.25) is 9.36 Å². The molecule has 0 aliphatic carbocycles. The number of aromatic nitrogens is 2. The molecule has 5 heteroatoms. The van der Waals surface area contributed by atoms with Crippen LogP contribution in [0.5, 0.6) is 0 Å². The lowest BCUT2D eigenvalue weighted by molar-refractivity contribution is 0.820. The molecule has 0 aliphatic heterocycles. The Balaban J connectivity index is 2.21. The van der Waals surface area contributed by atoms with E-state index in [9.17, 15) is 4.79 Å². The standard InChI is InChI=1S/C19H17ClN2OS/c1-13-6-5-7-15(12-13)22-18(23)16-8-3-4-9-17(16)21-19(22)24-11-10-14(2)20/h3-10,12H,11H2,1-2H3/b14-10-. The van der Waals surface area contributed by atoms with Gasteiger partial charge in [-0.25, -0.2) is 4.98 Å². The van der Waals surface area contributed by atoms with Gasteiger partial charge in [0.15, 0.2) is 5.16 Å². The zero-order valence-corrected chi connectivity index (χ0v) is 15.1. The van der Waals surface area contributed by atoms with Crippen LogP contribution in [-0.2, 0) is 0 Å². The minimum Gasteiger partial charge on any atom is -0.268 e. The smallest absolute Gasteiger partial charge is 0.266 e. The minimum absolute atomic E-state index is 0.0553. The molecule has 0 aliphatic rings. The van der Waals surface area contributed by atoms with Gasteiger partial charge in [-0.05, 0) is 43.7 Å². The normalized spacial score (nSPS) is 11.9.